The molecule has 2 heterocycles. The molecule has 0 bridgehead atoms. The van der Waals surface area contributed by atoms with E-state index in [0.29, 0.717) is 18.1 Å². The van der Waals surface area contributed by atoms with Crippen LogP contribution in [0.4, 0.5) is 17.2 Å². The molecule has 1 amide bonds. The van der Waals surface area contributed by atoms with Gasteiger partial charge in [0.15, 0.2) is 11.5 Å². The summed E-state index contributed by atoms with van der Waals surface area (Å²) in [7, 11) is 3.93. The maximum absolute atomic E-state index is 12.0. The summed E-state index contributed by atoms with van der Waals surface area (Å²) in [6, 6.07) is 11.8. The minimum absolute atomic E-state index is 0.207. The highest BCUT2D eigenvalue weighted by Crippen LogP contribution is 2.23. The van der Waals surface area contributed by atoms with Gasteiger partial charge in [-0.15, -0.1) is 10.2 Å². The second-order valence-electron chi connectivity index (χ2n) is 7.08. The van der Waals surface area contributed by atoms with Crippen LogP contribution in [-0.4, -0.2) is 61.3 Å². The molecule has 3 rings (SSSR count). The van der Waals surface area contributed by atoms with Gasteiger partial charge in [-0.25, -0.2) is 0 Å². The predicted octanol–water partition coefficient (Wildman–Crippen LogP) is 2.50. The second-order valence-corrected chi connectivity index (χ2v) is 7.08. The molecule has 1 fully saturated rings. The lowest BCUT2D eigenvalue weighted by atomic mass is 10.1. The second kappa shape index (κ2) is 9.32. The Labute approximate surface area is 160 Å². The first-order valence-electron chi connectivity index (χ1n) is 9.50. The Morgan fingerprint density at radius 2 is 1.78 bits per heavy atom. The molecule has 27 heavy (non-hydrogen) atoms. The van der Waals surface area contributed by atoms with Crippen LogP contribution in [0, 0.1) is 0 Å². The maximum Gasteiger partial charge on any atom is 0.271 e. The number of carbonyl (C=O) groups is 1. The van der Waals surface area contributed by atoms with Crippen molar-refractivity contribution in [2.45, 2.75) is 19.3 Å². The summed E-state index contributed by atoms with van der Waals surface area (Å²) in [4.78, 5) is 16.5. The Morgan fingerprint density at radius 3 is 2.41 bits per heavy atom. The Morgan fingerprint density at radius 1 is 1.04 bits per heavy atom. The number of hydrogen-bond acceptors (Lipinski definition) is 6. The fourth-order valence-electron chi connectivity index (χ4n) is 3.06. The number of amides is 1. The molecule has 1 aliphatic rings. The van der Waals surface area contributed by atoms with Crippen molar-refractivity contribution < 1.29 is 4.79 Å². The van der Waals surface area contributed by atoms with Crippen LogP contribution in [0.25, 0.3) is 0 Å². The monoisotopic (exact) mass is 368 g/mol. The number of benzene rings is 1. The van der Waals surface area contributed by atoms with Crippen molar-refractivity contribution in [3.05, 3.63) is 42.1 Å². The molecule has 2 N–H and O–H groups in total. The fourth-order valence-corrected chi connectivity index (χ4v) is 3.06. The van der Waals surface area contributed by atoms with Crippen LogP contribution >= 0.6 is 0 Å². The molecule has 144 valence electrons. The van der Waals surface area contributed by atoms with E-state index in [1.165, 1.54) is 24.9 Å². The molecule has 0 atom stereocenters. The highest BCUT2D eigenvalue weighted by atomic mass is 16.1. The molecule has 0 saturated carbocycles. The fraction of sp³-hybridized carbons (Fsp3) is 0.450. The summed E-state index contributed by atoms with van der Waals surface area (Å²) in [5.41, 5.74) is 2.53. The number of rotatable bonds is 7. The zero-order valence-corrected chi connectivity index (χ0v) is 16.1. The zero-order valence-electron chi connectivity index (χ0n) is 16.1. The lowest BCUT2D eigenvalue weighted by Crippen LogP contribution is -2.31. The van der Waals surface area contributed by atoms with Crippen molar-refractivity contribution >= 4 is 23.1 Å². The quantitative estimate of drug-likeness (QED) is 0.782. The average Bonchev–Trinajstić information content (AvgIpc) is 2.69. The normalized spacial score (nSPS) is 14.3. The van der Waals surface area contributed by atoms with Crippen molar-refractivity contribution in [1.29, 1.82) is 0 Å². The van der Waals surface area contributed by atoms with Gasteiger partial charge in [-0.2, -0.15) is 0 Å². The number of hydrogen-bond donors (Lipinski definition) is 2. The van der Waals surface area contributed by atoms with Gasteiger partial charge >= 0.3 is 0 Å². The molecule has 7 nitrogen and oxygen atoms in total. The number of aromatic nitrogens is 2. The molecule has 7 heteroatoms. The van der Waals surface area contributed by atoms with Crippen molar-refractivity contribution in [2.75, 3.05) is 50.5 Å². The zero-order chi connectivity index (χ0) is 19.1. The van der Waals surface area contributed by atoms with Crippen molar-refractivity contribution in [3.8, 4) is 0 Å². The van der Waals surface area contributed by atoms with Crippen LogP contribution in [0.15, 0.2) is 36.4 Å². The van der Waals surface area contributed by atoms with Gasteiger partial charge < -0.3 is 20.4 Å². The van der Waals surface area contributed by atoms with E-state index in [1.807, 2.05) is 31.1 Å². The van der Waals surface area contributed by atoms with Gasteiger partial charge in [-0.1, -0.05) is 0 Å². The van der Waals surface area contributed by atoms with E-state index in [-0.39, 0.29) is 5.91 Å². The Balaban J connectivity index is 1.54. The topological polar surface area (TPSA) is 73.4 Å². The summed E-state index contributed by atoms with van der Waals surface area (Å²) in [5, 5.41) is 14.2. The van der Waals surface area contributed by atoms with E-state index in [2.05, 4.69) is 37.9 Å². The number of nitrogens with one attached hydrogen (secondary N) is 2. The van der Waals surface area contributed by atoms with Crippen molar-refractivity contribution in [2.24, 2.45) is 0 Å². The lowest BCUT2D eigenvalue weighted by molar-refractivity contribution is 0.0945. The van der Waals surface area contributed by atoms with E-state index < -0.39 is 0 Å². The van der Waals surface area contributed by atoms with Gasteiger partial charge in [0, 0.05) is 37.6 Å². The molecule has 1 aromatic heterocycles. The van der Waals surface area contributed by atoms with Crippen LogP contribution in [0.1, 0.15) is 29.8 Å². The molecular weight excluding hydrogens is 340 g/mol. The number of piperidine rings is 1. The SMILES string of the molecule is CN(C)CCNC(=O)c1ccc(Nc2ccc(N3CCCCC3)cc2)nn1. The first-order valence-corrected chi connectivity index (χ1v) is 9.50. The average molecular weight is 368 g/mol. The van der Waals surface area contributed by atoms with E-state index in [1.54, 1.807) is 12.1 Å². The summed E-state index contributed by atoms with van der Waals surface area (Å²) in [6.07, 6.45) is 3.87. The van der Waals surface area contributed by atoms with Crippen LogP contribution in [0.5, 0.6) is 0 Å². The molecule has 1 aliphatic heterocycles. The summed E-state index contributed by atoms with van der Waals surface area (Å²) in [5.74, 6) is 0.410. The van der Waals surface area contributed by atoms with Crippen molar-refractivity contribution in [3.63, 3.8) is 0 Å². The van der Waals surface area contributed by atoms with Crippen LogP contribution in [0.3, 0.4) is 0 Å². The number of likely N-dealkylation sites (N-methyl/N-ethyl adjacent to an activating group) is 1. The number of nitrogens with zero attached hydrogens (tertiary/aromatic N) is 4. The summed E-state index contributed by atoms with van der Waals surface area (Å²) < 4.78 is 0. The van der Waals surface area contributed by atoms with Crippen molar-refractivity contribution in [1.82, 2.24) is 20.4 Å². The van der Waals surface area contributed by atoms with Gasteiger partial charge in [0.2, 0.25) is 0 Å². The largest absolute Gasteiger partial charge is 0.372 e. The highest BCUT2D eigenvalue weighted by Gasteiger charge is 2.11. The predicted molar refractivity (Wildman–Crippen MR) is 109 cm³/mol. The highest BCUT2D eigenvalue weighted by molar-refractivity contribution is 5.92. The molecule has 0 unspecified atom stereocenters. The Kier molecular flexibility index (Phi) is 6.59. The minimum Gasteiger partial charge on any atom is -0.372 e. The van der Waals surface area contributed by atoms with E-state index in [9.17, 15) is 4.79 Å². The third-order valence-electron chi connectivity index (χ3n) is 4.60. The third kappa shape index (κ3) is 5.65. The molecule has 0 spiro atoms. The van der Waals surface area contributed by atoms with Crippen LogP contribution in [0.2, 0.25) is 0 Å². The smallest absolute Gasteiger partial charge is 0.271 e. The summed E-state index contributed by atoms with van der Waals surface area (Å²) >= 11 is 0. The molecule has 2 aromatic rings. The summed E-state index contributed by atoms with van der Waals surface area (Å²) in [6.45, 7) is 3.63. The first-order chi connectivity index (χ1) is 13.1. The van der Waals surface area contributed by atoms with Gasteiger partial charge in [0.25, 0.3) is 5.91 Å². The standard InChI is InChI=1S/C20H28N6O/c1-25(2)15-12-21-20(27)18-10-11-19(24-23-18)22-16-6-8-17(9-7-16)26-13-4-3-5-14-26/h6-11H,3-5,12-15H2,1-2H3,(H,21,27)(H,22,24). The van der Waals surface area contributed by atoms with E-state index in [4.69, 9.17) is 0 Å². The maximum atomic E-state index is 12.0. The Bertz CT molecular complexity index is 723. The minimum atomic E-state index is -0.207. The molecular formula is C20H28N6O. The Hall–Kier alpha value is -2.67. The molecule has 1 saturated heterocycles. The lowest BCUT2D eigenvalue weighted by Gasteiger charge is -2.28. The van der Waals surface area contributed by atoms with Gasteiger partial charge in [0.05, 0.1) is 0 Å². The van der Waals surface area contributed by atoms with Gasteiger partial charge in [-0.3, -0.25) is 4.79 Å². The first kappa shape index (κ1) is 19.1. The molecule has 1 aromatic carbocycles. The van der Waals surface area contributed by atoms with Crippen LogP contribution in [-0.2, 0) is 0 Å². The molecule has 0 aliphatic carbocycles. The van der Waals surface area contributed by atoms with E-state index >= 15 is 0 Å². The molecule has 0 radical (unpaired) electrons. The van der Waals surface area contributed by atoms with E-state index in [0.717, 1.165) is 25.3 Å². The number of anilines is 3. The van der Waals surface area contributed by atoms with Crippen LogP contribution < -0.4 is 15.5 Å². The number of carbonyl (C=O) groups excluding carboxylic acids is 1. The van der Waals surface area contributed by atoms with Gasteiger partial charge in [-0.05, 0) is 69.8 Å². The van der Waals surface area contributed by atoms with Gasteiger partial charge in [0.1, 0.15) is 0 Å². The third-order valence-corrected chi connectivity index (χ3v) is 4.60.